The number of amides is 4. The van der Waals surface area contributed by atoms with Crippen molar-refractivity contribution in [3.63, 3.8) is 0 Å². The first-order valence-corrected chi connectivity index (χ1v) is 14.6. The predicted octanol–water partition coefficient (Wildman–Crippen LogP) is 1.44. The third-order valence-electron chi connectivity index (χ3n) is 6.87. The fraction of sp³-hybridized carbons (Fsp3) is 0.452. The van der Waals surface area contributed by atoms with Crippen molar-refractivity contribution < 1.29 is 23.9 Å². The average Bonchev–Trinajstić information content (AvgIpc) is 2.97. The summed E-state index contributed by atoms with van der Waals surface area (Å²) in [7, 11) is 0. The van der Waals surface area contributed by atoms with Gasteiger partial charge in [-0.1, -0.05) is 74.5 Å². The van der Waals surface area contributed by atoms with Crippen LogP contribution in [0.2, 0.25) is 0 Å². The lowest BCUT2D eigenvalue weighted by molar-refractivity contribution is -0.143. The topological polar surface area (TPSA) is 181 Å². The minimum absolute atomic E-state index is 0.0324. The minimum atomic E-state index is -1.00. The number of nitrogens with one attached hydrogen (secondary N) is 3. The molecule has 3 atom stereocenters. The van der Waals surface area contributed by atoms with Gasteiger partial charge in [-0.15, -0.1) is 0 Å². The van der Waals surface area contributed by atoms with Crippen LogP contribution in [0.5, 0.6) is 0 Å². The van der Waals surface area contributed by atoms with E-state index in [4.69, 9.17) is 16.2 Å². The Hall–Kier alpha value is -4.61. The number of aliphatic imine (C=N–C) groups is 1. The molecule has 232 valence electrons. The summed E-state index contributed by atoms with van der Waals surface area (Å²) in [6.07, 6.45) is 0.756. The van der Waals surface area contributed by atoms with E-state index in [2.05, 4.69) is 20.9 Å². The number of carbonyl (C=O) groups is 4. The number of hydrogen-bond acceptors (Lipinski definition) is 6. The fourth-order valence-corrected chi connectivity index (χ4v) is 4.87. The molecular weight excluding hydrogens is 550 g/mol. The molecule has 3 rings (SSSR count). The summed E-state index contributed by atoms with van der Waals surface area (Å²) in [5, 5.41) is 8.42. The van der Waals surface area contributed by atoms with Crippen LogP contribution in [0.3, 0.4) is 0 Å². The zero-order valence-electron chi connectivity index (χ0n) is 24.8. The summed E-state index contributed by atoms with van der Waals surface area (Å²) >= 11 is 0. The third kappa shape index (κ3) is 11.7. The first-order chi connectivity index (χ1) is 20.6. The van der Waals surface area contributed by atoms with Gasteiger partial charge in [0.25, 0.3) is 0 Å². The van der Waals surface area contributed by atoms with E-state index in [9.17, 15) is 19.2 Å². The molecule has 0 aromatic heterocycles. The zero-order chi connectivity index (χ0) is 31.2. The maximum absolute atomic E-state index is 13.7. The Bertz CT molecular complexity index is 1240. The molecule has 1 fully saturated rings. The van der Waals surface area contributed by atoms with E-state index in [1.54, 1.807) is 0 Å². The van der Waals surface area contributed by atoms with Gasteiger partial charge in [0.05, 0.1) is 12.6 Å². The molecule has 2 aromatic carbocycles. The van der Waals surface area contributed by atoms with Crippen molar-refractivity contribution in [3.8, 4) is 0 Å². The quantitative estimate of drug-likeness (QED) is 0.125. The van der Waals surface area contributed by atoms with Gasteiger partial charge in [-0.3, -0.25) is 19.4 Å². The lowest BCUT2D eigenvalue weighted by Gasteiger charge is -2.36. The highest BCUT2D eigenvalue weighted by atomic mass is 16.5. The Morgan fingerprint density at radius 1 is 1.00 bits per heavy atom. The summed E-state index contributed by atoms with van der Waals surface area (Å²) in [5.41, 5.74) is 12.7. The number of benzene rings is 2. The van der Waals surface area contributed by atoms with E-state index in [-0.39, 0.29) is 55.9 Å². The molecule has 0 saturated carbocycles. The van der Waals surface area contributed by atoms with E-state index < -0.39 is 24.1 Å². The van der Waals surface area contributed by atoms with Crippen molar-refractivity contribution in [2.75, 3.05) is 19.6 Å². The number of alkyl carbamates (subject to hydrolysis) is 1. The number of carbonyl (C=O) groups excluding carboxylic acids is 4. The van der Waals surface area contributed by atoms with Gasteiger partial charge in [0.15, 0.2) is 5.96 Å². The van der Waals surface area contributed by atoms with Gasteiger partial charge in [0.2, 0.25) is 17.7 Å². The summed E-state index contributed by atoms with van der Waals surface area (Å²) in [6, 6.07) is 16.7. The van der Waals surface area contributed by atoms with Crippen LogP contribution in [0.1, 0.15) is 44.2 Å². The second kappa shape index (κ2) is 16.7. The molecule has 0 unspecified atom stereocenters. The third-order valence-corrected chi connectivity index (χ3v) is 6.87. The summed E-state index contributed by atoms with van der Waals surface area (Å²) in [6.45, 7) is 4.40. The average molecular weight is 594 g/mol. The molecule has 12 nitrogen and oxygen atoms in total. The number of nitrogens with two attached hydrogens (primary N) is 2. The van der Waals surface area contributed by atoms with Crippen molar-refractivity contribution in [2.24, 2.45) is 22.4 Å². The monoisotopic (exact) mass is 593 g/mol. The lowest BCUT2D eigenvalue weighted by Crippen LogP contribution is -2.61. The highest BCUT2D eigenvalue weighted by Crippen LogP contribution is 2.14. The first kappa shape index (κ1) is 32.9. The molecule has 1 heterocycles. The molecule has 7 N–H and O–H groups in total. The zero-order valence-corrected chi connectivity index (χ0v) is 24.8. The van der Waals surface area contributed by atoms with Crippen LogP contribution >= 0.6 is 0 Å². The molecule has 4 amide bonds. The standard InChI is InChI=1S/C31H43N7O5/c1-21(2)16-26(29(41)38-18-24(35-27(39)19-38)17-22-10-5-3-6-11-22)36-28(40)25(14-9-15-34-30(32)33)37-31(42)43-20-23-12-7-4-8-13-23/h3-8,10-13,21,24-26H,9,14-20H2,1-2H3,(H,35,39)(H,36,40)(H,37,42)(H4,32,33,34)/t24-,25-,26-/m0/s1. The number of rotatable bonds is 14. The molecular formula is C31H43N7O5. The molecule has 1 saturated heterocycles. The van der Waals surface area contributed by atoms with Crippen LogP contribution in [0.4, 0.5) is 4.79 Å². The SMILES string of the molecule is CC(C)C[C@H](NC(=O)[C@H](CCCN=C(N)N)NC(=O)OCc1ccccc1)C(=O)N1CC(=O)N[C@@H](Cc2ccccc2)C1. The van der Waals surface area contributed by atoms with Crippen molar-refractivity contribution in [3.05, 3.63) is 71.8 Å². The van der Waals surface area contributed by atoms with Crippen LogP contribution in [-0.4, -0.2) is 72.4 Å². The van der Waals surface area contributed by atoms with E-state index in [0.29, 0.717) is 25.8 Å². The maximum atomic E-state index is 13.7. The van der Waals surface area contributed by atoms with Gasteiger partial charge < -0.3 is 37.1 Å². The summed E-state index contributed by atoms with van der Waals surface area (Å²) < 4.78 is 5.32. The number of nitrogens with zero attached hydrogens (tertiary/aromatic N) is 2. The Morgan fingerprint density at radius 2 is 1.65 bits per heavy atom. The molecule has 0 spiro atoms. The lowest BCUT2D eigenvalue weighted by atomic mass is 9.99. The van der Waals surface area contributed by atoms with Gasteiger partial charge in [0.1, 0.15) is 18.7 Å². The maximum Gasteiger partial charge on any atom is 0.408 e. The van der Waals surface area contributed by atoms with E-state index in [0.717, 1.165) is 11.1 Å². The number of piperazine rings is 1. The summed E-state index contributed by atoms with van der Waals surface area (Å²) in [4.78, 5) is 57.9. The predicted molar refractivity (Wildman–Crippen MR) is 164 cm³/mol. The number of hydrogen-bond donors (Lipinski definition) is 5. The molecule has 43 heavy (non-hydrogen) atoms. The van der Waals surface area contributed by atoms with Gasteiger partial charge >= 0.3 is 6.09 Å². The minimum Gasteiger partial charge on any atom is -0.445 e. The second-order valence-electron chi connectivity index (χ2n) is 11.1. The fourth-order valence-electron chi connectivity index (χ4n) is 4.87. The molecule has 1 aliphatic heterocycles. The van der Waals surface area contributed by atoms with Gasteiger partial charge in [-0.25, -0.2) is 4.79 Å². The molecule has 1 aliphatic rings. The largest absolute Gasteiger partial charge is 0.445 e. The van der Waals surface area contributed by atoms with Gasteiger partial charge in [-0.2, -0.15) is 0 Å². The molecule has 2 aromatic rings. The smallest absolute Gasteiger partial charge is 0.408 e. The molecule has 0 radical (unpaired) electrons. The van der Waals surface area contributed by atoms with Crippen molar-refractivity contribution in [1.29, 1.82) is 0 Å². The second-order valence-corrected chi connectivity index (χ2v) is 11.1. The Morgan fingerprint density at radius 3 is 2.28 bits per heavy atom. The van der Waals surface area contributed by atoms with Crippen LogP contribution in [0, 0.1) is 5.92 Å². The Labute approximate surface area is 252 Å². The van der Waals surface area contributed by atoms with Crippen molar-refractivity contribution in [1.82, 2.24) is 20.9 Å². The highest BCUT2D eigenvalue weighted by molar-refractivity contribution is 5.93. The Kier molecular flexibility index (Phi) is 12.8. The molecule has 12 heteroatoms. The highest BCUT2D eigenvalue weighted by Gasteiger charge is 2.34. The van der Waals surface area contributed by atoms with Crippen LogP contribution < -0.4 is 27.4 Å². The van der Waals surface area contributed by atoms with Crippen molar-refractivity contribution in [2.45, 2.75) is 64.3 Å². The normalized spacial score (nSPS) is 16.0. The van der Waals surface area contributed by atoms with Crippen molar-refractivity contribution >= 4 is 29.8 Å². The van der Waals surface area contributed by atoms with E-state index in [1.165, 1.54) is 4.90 Å². The molecule has 0 aliphatic carbocycles. The van der Waals surface area contributed by atoms with E-state index in [1.807, 2.05) is 74.5 Å². The van der Waals surface area contributed by atoms with E-state index >= 15 is 0 Å². The first-order valence-electron chi connectivity index (χ1n) is 14.6. The van der Waals surface area contributed by atoms with Gasteiger partial charge in [0, 0.05) is 13.1 Å². The van der Waals surface area contributed by atoms with Gasteiger partial charge in [-0.05, 0) is 42.7 Å². The Balaban J connectivity index is 1.69. The number of guanidine groups is 1. The van der Waals surface area contributed by atoms with Crippen LogP contribution in [-0.2, 0) is 32.1 Å². The summed E-state index contributed by atoms with van der Waals surface area (Å²) in [5.74, 6) is -1.15. The van der Waals surface area contributed by atoms with Crippen LogP contribution in [0.25, 0.3) is 0 Å². The van der Waals surface area contributed by atoms with Crippen LogP contribution in [0.15, 0.2) is 65.7 Å². The molecule has 0 bridgehead atoms. The number of ether oxygens (including phenoxy) is 1.